The number of hydrogen-bond donors (Lipinski definition) is 2. The van der Waals surface area contributed by atoms with E-state index in [2.05, 4.69) is 10.6 Å². The number of fused-ring (bicyclic) bond motifs is 1. The van der Waals surface area contributed by atoms with Crippen LogP contribution in [0.25, 0.3) is 0 Å². The van der Waals surface area contributed by atoms with Crippen molar-refractivity contribution in [2.24, 2.45) is 0 Å². The molecule has 0 unspecified atom stereocenters. The third-order valence-electron chi connectivity index (χ3n) is 4.11. The molecule has 0 atom stereocenters. The van der Waals surface area contributed by atoms with Crippen LogP contribution < -0.4 is 15.5 Å². The van der Waals surface area contributed by atoms with Gasteiger partial charge in [-0.15, -0.1) is 0 Å². The van der Waals surface area contributed by atoms with Gasteiger partial charge in [0.15, 0.2) is 0 Å². The molecule has 0 bridgehead atoms. The number of amides is 2. The van der Waals surface area contributed by atoms with Crippen LogP contribution in [0, 0.1) is 5.82 Å². The maximum absolute atomic E-state index is 12.9. The van der Waals surface area contributed by atoms with E-state index in [4.69, 9.17) is 0 Å². The average molecular weight is 341 g/mol. The molecule has 0 aliphatic carbocycles. The third-order valence-corrected chi connectivity index (χ3v) is 4.11. The minimum atomic E-state index is -0.268. The lowest BCUT2D eigenvalue weighted by Crippen LogP contribution is -2.38. The molecule has 0 radical (unpaired) electrons. The molecular weight excluding hydrogens is 321 g/mol. The summed E-state index contributed by atoms with van der Waals surface area (Å²) in [5, 5.41) is 5.73. The summed E-state index contributed by atoms with van der Waals surface area (Å²) in [6.07, 6.45) is 0.986. The number of carbonyl (C=O) groups excluding carboxylic acids is 2. The Kier molecular flexibility index (Phi) is 5.28. The van der Waals surface area contributed by atoms with E-state index in [0.29, 0.717) is 25.9 Å². The van der Waals surface area contributed by atoms with Crippen molar-refractivity contribution in [3.63, 3.8) is 0 Å². The van der Waals surface area contributed by atoms with E-state index in [-0.39, 0.29) is 24.2 Å². The second-order valence-electron chi connectivity index (χ2n) is 5.96. The number of carbonyl (C=O) groups is 2. The lowest BCUT2D eigenvalue weighted by atomic mass is 10.1. The molecular formula is C19H20FN3O2. The van der Waals surface area contributed by atoms with Crippen LogP contribution in [0.2, 0.25) is 0 Å². The molecule has 2 aromatic rings. The standard InChI is InChI=1S/C19H20FN3O2/c20-15-7-5-14(6-8-15)9-11-21-19(25)13-23-12-10-18(24)22-16-3-1-2-4-17(16)23/h1-8H,9-13H2,(H,21,25)(H,22,24). The Labute approximate surface area is 145 Å². The van der Waals surface area contributed by atoms with Crippen LogP contribution >= 0.6 is 0 Å². The molecule has 0 aromatic heterocycles. The summed E-state index contributed by atoms with van der Waals surface area (Å²) in [6.45, 7) is 1.17. The zero-order valence-electron chi connectivity index (χ0n) is 13.8. The highest BCUT2D eigenvalue weighted by Gasteiger charge is 2.20. The van der Waals surface area contributed by atoms with E-state index in [1.54, 1.807) is 12.1 Å². The van der Waals surface area contributed by atoms with E-state index < -0.39 is 0 Å². The molecule has 25 heavy (non-hydrogen) atoms. The fourth-order valence-corrected chi connectivity index (χ4v) is 2.82. The van der Waals surface area contributed by atoms with Gasteiger partial charge in [-0.05, 0) is 36.2 Å². The first-order chi connectivity index (χ1) is 12.1. The van der Waals surface area contributed by atoms with E-state index in [1.165, 1.54) is 12.1 Å². The van der Waals surface area contributed by atoms with Gasteiger partial charge in [-0.2, -0.15) is 0 Å². The molecule has 1 aliphatic heterocycles. The highest BCUT2D eigenvalue weighted by atomic mass is 19.1. The van der Waals surface area contributed by atoms with Crippen molar-refractivity contribution in [2.45, 2.75) is 12.8 Å². The fraction of sp³-hybridized carbons (Fsp3) is 0.263. The monoisotopic (exact) mass is 341 g/mol. The molecule has 2 amide bonds. The first-order valence-electron chi connectivity index (χ1n) is 8.27. The van der Waals surface area contributed by atoms with E-state index in [1.807, 2.05) is 29.2 Å². The normalized spacial score (nSPS) is 13.6. The predicted octanol–water partition coefficient (Wildman–Crippen LogP) is 2.33. The van der Waals surface area contributed by atoms with Gasteiger partial charge in [-0.1, -0.05) is 24.3 Å². The zero-order chi connectivity index (χ0) is 17.6. The first-order valence-corrected chi connectivity index (χ1v) is 8.27. The van der Waals surface area contributed by atoms with Crippen LogP contribution in [0.3, 0.4) is 0 Å². The maximum atomic E-state index is 12.9. The number of rotatable bonds is 5. The molecule has 1 heterocycles. The largest absolute Gasteiger partial charge is 0.360 e. The topological polar surface area (TPSA) is 61.4 Å². The Balaban J connectivity index is 1.55. The van der Waals surface area contributed by atoms with E-state index in [9.17, 15) is 14.0 Å². The van der Waals surface area contributed by atoms with Gasteiger partial charge < -0.3 is 15.5 Å². The van der Waals surface area contributed by atoms with Crippen molar-refractivity contribution in [3.8, 4) is 0 Å². The summed E-state index contributed by atoms with van der Waals surface area (Å²) in [7, 11) is 0. The Hall–Kier alpha value is -2.89. The summed E-state index contributed by atoms with van der Waals surface area (Å²) in [6, 6.07) is 13.7. The summed E-state index contributed by atoms with van der Waals surface area (Å²) >= 11 is 0. The van der Waals surface area contributed by atoms with Gasteiger partial charge in [0.25, 0.3) is 0 Å². The predicted molar refractivity (Wildman–Crippen MR) is 95.0 cm³/mol. The van der Waals surface area contributed by atoms with Gasteiger partial charge in [-0.25, -0.2) is 4.39 Å². The van der Waals surface area contributed by atoms with Crippen LogP contribution in [-0.2, 0) is 16.0 Å². The smallest absolute Gasteiger partial charge is 0.239 e. The van der Waals surface area contributed by atoms with Crippen LogP contribution in [0.5, 0.6) is 0 Å². The third kappa shape index (κ3) is 4.56. The summed E-state index contributed by atoms with van der Waals surface area (Å²) in [5.74, 6) is -0.422. The van der Waals surface area contributed by atoms with Crippen molar-refractivity contribution in [1.82, 2.24) is 5.32 Å². The molecule has 0 fully saturated rings. The van der Waals surface area contributed by atoms with Crippen molar-refractivity contribution in [1.29, 1.82) is 0 Å². The molecule has 2 aromatic carbocycles. The van der Waals surface area contributed by atoms with Crippen molar-refractivity contribution in [3.05, 3.63) is 59.9 Å². The van der Waals surface area contributed by atoms with Crippen LogP contribution in [0.4, 0.5) is 15.8 Å². The lowest BCUT2D eigenvalue weighted by molar-refractivity contribution is -0.120. The number of halogens is 1. The molecule has 0 spiro atoms. The van der Waals surface area contributed by atoms with Gasteiger partial charge in [0.2, 0.25) is 11.8 Å². The van der Waals surface area contributed by atoms with Crippen LogP contribution in [-0.4, -0.2) is 31.4 Å². The molecule has 1 aliphatic rings. The van der Waals surface area contributed by atoms with Gasteiger partial charge >= 0.3 is 0 Å². The molecule has 130 valence electrons. The fourth-order valence-electron chi connectivity index (χ4n) is 2.82. The first kappa shape index (κ1) is 17.0. The zero-order valence-corrected chi connectivity index (χ0v) is 13.8. The van der Waals surface area contributed by atoms with Gasteiger partial charge in [0.05, 0.1) is 17.9 Å². The summed E-state index contributed by atoms with van der Waals surface area (Å²) in [5.41, 5.74) is 2.54. The van der Waals surface area contributed by atoms with Gasteiger partial charge in [0.1, 0.15) is 5.82 Å². The van der Waals surface area contributed by atoms with E-state index in [0.717, 1.165) is 16.9 Å². The SMILES string of the molecule is O=C(CN1CCC(=O)Nc2ccccc21)NCCc1ccc(F)cc1. The number of hydrogen-bond acceptors (Lipinski definition) is 3. The summed E-state index contributed by atoms with van der Waals surface area (Å²) < 4.78 is 12.9. The van der Waals surface area contributed by atoms with E-state index >= 15 is 0 Å². The maximum Gasteiger partial charge on any atom is 0.239 e. The van der Waals surface area contributed by atoms with Gasteiger partial charge in [0, 0.05) is 19.5 Å². The Bertz CT molecular complexity index is 762. The van der Waals surface area contributed by atoms with Crippen LogP contribution in [0.1, 0.15) is 12.0 Å². The number of nitrogens with zero attached hydrogens (tertiary/aromatic N) is 1. The van der Waals surface area contributed by atoms with Crippen molar-refractivity contribution < 1.29 is 14.0 Å². The minimum Gasteiger partial charge on any atom is -0.360 e. The quantitative estimate of drug-likeness (QED) is 0.877. The Morgan fingerprint density at radius 3 is 2.72 bits per heavy atom. The molecule has 0 saturated heterocycles. The van der Waals surface area contributed by atoms with Crippen LogP contribution in [0.15, 0.2) is 48.5 Å². The number of benzene rings is 2. The number of nitrogens with one attached hydrogen (secondary N) is 2. The molecule has 3 rings (SSSR count). The highest BCUT2D eigenvalue weighted by molar-refractivity contribution is 5.97. The van der Waals surface area contributed by atoms with Gasteiger partial charge in [-0.3, -0.25) is 9.59 Å². The lowest BCUT2D eigenvalue weighted by Gasteiger charge is -2.23. The van der Waals surface area contributed by atoms with Crippen molar-refractivity contribution in [2.75, 3.05) is 29.9 Å². The average Bonchev–Trinajstić information content (AvgIpc) is 2.76. The minimum absolute atomic E-state index is 0.0494. The second kappa shape index (κ2) is 7.79. The molecule has 0 saturated carbocycles. The molecule has 5 nitrogen and oxygen atoms in total. The molecule has 6 heteroatoms. The van der Waals surface area contributed by atoms with Crippen molar-refractivity contribution >= 4 is 23.2 Å². The second-order valence-corrected chi connectivity index (χ2v) is 5.96. The highest BCUT2D eigenvalue weighted by Crippen LogP contribution is 2.27. The Morgan fingerprint density at radius 2 is 1.92 bits per heavy atom. The summed E-state index contributed by atoms with van der Waals surface area (Å²) in [4.78, 5) is 25.9. The number of anilines is 2. The number of para-hydroxylation sites is 2. The Morgan fingerprint density at radius 1 is 1.16 bits per heavy atom. The molecule has 2 N–H and O–H groups in total.